The summed E-state index contributed by atoms with van der Waals surface area (Å²) in [7, 11) is 0. The molecule has 0 bridgehead atoms. The van der Waals surface area contributed by atoms with Crippen molar-refractivity contribution in [2.24, 2.45) is 0 Å². The molecule has 30 heavy (non-hydrogen) atoms. The van der Waals surface area contributed by atoms with Crippen LogP contribution in [0.4, 0.5) is 5.69 Å². The van der Waals surface area contributed by atoms with Crippen LogP contribution in [-0.4, -0.2) is 37.5 Å². The average Bonchev–Trinajstić information content (AvgIpc) is 2.77. The van der Waals surface area contributed by atoms with Crippen LogP contribution in [0.1, 0.15) is 5.56 Å². The van der Waals surface area contributed by atoms with E-state index in [4.69, 9.17) is 9.47 Å². The van der Waals surface area contributed by atoms with Crippen LogP contribution < -0.4 is 25.2 Å². The number of hydrogen-bond acceptors (Lipinski definition) is 5. The second kappa shape index (κ2) is 9.92. The van der Waals surface area contributed by atoms with Crippen LogP contribution in [0.25, 0.3) is 6.08 Å². The van der Waals surface area contributed by atoms with Gasteiger partial charge in [-0.15, -0.1) is 0 Å². The lowest BCUT2D eigenvalue weighted by Gasteiger charge is -2.28. The molecule has 0 saturated carbocycles. The molecule has 0 spiro atoms. The number of carbonyl (C=O) groups excluding carboxylic acids is 3. The maximum Gasteiger partial charge on any atom is 0.265 e. The number of benzene rings is 2. The molecule has 3 amide bonds. The van der Waals surface area contributed by atoms with Gasteiger partial charge in [-0.25, -0.2) is 0 Å². The lowest BCUT2D eigenvalue weighted by Crippen LogP contribution is -2.49. The number of carbonyl (C=O) groups is 3. The Morgan fingerprint density at radius 1 is 1.13 bits per heavy atom. The fraction of sp³-hybridized carbons (Fsp3) is 0.136. The van der Waals surface area contributed by atoms with E-state index in [1.165, 1.54) is 11.0 Å². The van der Waals surface area contributed by atoms with Crippen LogP contribution in [0, 0.1) is 0 Å². The summed E-state index contributed by atoms with van der Waals surface area (Å²) in [5, 5.41) is 0. The molecule has 0 saturated heterocycles. The van der Waals surface area contributed by atoms with Crippen LogP contribution in [-0.2, 0) is 14.4 Å². The van der Waals surface area contributed by atoms with Crippen LogP contribution in [0.2, 0.25) is 0 Å². The molecule has 154 valence electrons. The van der Waals surface area contributed by atoms with Crippen molar-refractivity contribution >= 4 is 29.5 Å². The number of hydrogen-bond donors (Lipinski definition) is 2. The zero-order valence-electron chi connectivity index (χ0n) is 16.2. The third-order valence-corrected chi connectivity index (χ3v) is 4.11. The normalized spacial score (nSPS) is 12.7. The van der Waals surface area contributed by atoms with E-state index >= 15 is 0 Å². The van der Waals surface area contributed by atoms with Gasteiger partial charge in [0, 0.05) is 6.08 Å². The predicted molar refractivity (Wildman–Crippen MR) is 112 cm³/mol. The molecule has 3 rings (SSSR count). The van der Waals surface area contributed by atoms with E-state index in [0.717, 1.165) is 5.56 Å². The van der Waals surface area contributed by atoms with Crippen molar-refractivity contribution in [3.8, 4) is 11.5 Å². The predicted octanol–water partition coefficient (Wildman–Crippen LogP) is 1.84. The first kappa shape index (κ1) is 20.7. The third kappa shape index (κ3) is 5.48. The van der Waals surface area contributed by atoms with Gasteiger partial charge in [-0.05, 0) is 35.9 Å². The second-order valence-electron chi connectivity index (χ2n) is 6.28. The zero-order chi connectivity index (χ0) is 21.3. The lowest BCUT2D eigenvalue weighted by molar-refractivity contribution is -0.127. The average molecular weight is 407 g/mol. The summed E-state index contributed by atoms with van der Waals surface area (Å²) >= 11 is 0. The minimum absolute atomic E-state index is 0.142. The Labute approximate surface area is 173 Å². The summed E-state index contributed by atoms with van der Waals surface area (Å²) in [5.74, 6) is -0.161. The molecule has 0 aromatic heterocycles. The van der Waals surface area contributed by atoms with Gasteiger partial charge in [-0.2, -0.15) is 0 Å². The van der Waals surface area contributed by atoms with Crippen LogP contribution in [0.5, 0.6) is 11.5 Å². The highest BCUT2D eigenvalue weighted by atomic mass is 16.5. The van der Waals surface area contributed by atoms with E-state index in [1.54, 1.807) is 60.7 Å². The van der Waals surface area contributed by atoms with Crippen LogP contribution in [0.3, 0.4) is 0 Å². The van der Waals surface area contributed by atoms with Crippen molar-refractivity contribution in [3.05, 3.63) is 72.8 Å². The van der Waals surface area contributed by atoms with Gasteiger partial charge in [0.1, 0.15) is 24.7 Å². The highest BCUT2D eigenvalue weighted by Gasteiger charge is 2.26. The first-order valence-corrected chi connectivity index (χ1v) is 9.19. The van der Waals surface area contributed by atoms with Gasteiger partial charge in [-0.3, -0.25) is 30.1 Å². The SMILES string of the molecule is C=CCOc1ccc(/C=C/C(=O)NNC(=O)CN2C(=O)COc3ccccc32)cc1. The smallest absolute Gasteiger partial charge is 0.265 e. The van der Waals surface area contributed by atoms with Crippen molar-refractivity contribution < 1.29 is 23.9 Å². The number of hydrazine groups is 1. The highest BCUT2D eigenvalue weighted by Crippen LogP contribution is 2.31. The Hall–Kier alpha value is -4.07. The van der Waals surface area contributed by atoms with E-state index in [-0.39, 0.29) is 19.1 Å². The van der Waals surface area contributed by atoms with E-state index in [0.29, 0.717) is 23.8 Å². The lowest BCUT2D eigenvalue weighted by atomic mass is 10.2. The second-order valence-corrected chi connectivity index (χ2v) is 6.28. The molecule has 8 nitrogen and oxygen atoms in total. The van der Waals surface area contributed by atoms with Crippen molar-refractivity contribution in [2.75, 3.05) is 24.7 Å². The molecular weight excluding hydrogens is 386 g/mol. The first-order chi connectivity index (χ1) is 14.6. The van der Waals surface area contributed by atoms with E-state index in [2.05, 4.69) is 17.4 Å². The van der Waals surface area contributed by atoms with E-state index in [9.17, 15) is 14.4 Å². The van der Waals surface area contributed by atoms with Crippen molar-refractivity contribution in [3.63, 3.8) is 0 Å². The summed E-state index contributed by atoms with van der Waals surface area (Å²) in [6.45, 7) is 3.62. The maximum absolute atomic E-state index is 12.2. The van der Waals surface area contributed by atoms with Gasteiger partial charge < -0.3 is 9.47 Å². The third-order valence-electron chi connectivity index (χ3n) is 4.11. The monoisotopic (exact) mass is 407 g/mol. The molecule has 1 aliphatic heterocycles. The van der Waals surface area contributed by atoms with Crippen molar-refractivity contribution in [1.82, 2.24) is 10.9 Å². The van der Waals surface area contributed by atoms with Crippen LogP contribution >= 0.6 is 0 Å². The fourth-order valence-corrected chi connectivity index (χ4v) is 2.69. The van der Waals surface area contributed by atoms with E-state index < -0.39 is 11.8 Å². The Balaban J connectivity index is 1.49. The van der Waals surface area contributed by atoms with Gasteiger partial charge in [0.05, 0.1) is 5.69 Å². The first-order valence-electron chi connectivity index (χ1n) is 9.19. The minimum Gasteiger partial charge on any atom is -0.490 e. The Bertz CT molecular complexity index is 969. The molecule has 0 unspecified atom stereocenters. The number of fused-ring (bicyclic) bond motifs is 1. The summed E-state index contributed by atoms with van der Waals surface area (Å²) in [5.41, 5.74) is 5.89. The number of amides is 3. The molecule has 2 aromatic rings. The molecule has 2 N–H and O–H groups in total. The molecule has 2 aromatic carbocycles. The highest BCUT2D eigenvalue weighted by molar-refractivity contribution is 6.02. The quantitative estimate of drug-likeness (QED) is 0.415. The number of nitrogens with zero attached hydrogens (tertiary/aromatic N) is 1. The Morgan fingerprint density at radius 3 is 2.67 bits per heavy atom. The van der Waals surface area contributed by atoms with Crippen molar-refractivity contribution in [1.29, 1.82) is 0 Å². The summed E-state index contributed by atoms with van der Waals surface area (Å²) in [6.07, 6.45) is 4.54. The standard InChI is InChI=1S/C22H21N3O5/c1-2-13-29-17-10-7-16(8-11-17)9-12-20(26)23-24-21(27)14-25-18-5-3-4-6-19(18)30-15-22(25)28/h2-12H,1,13-15H2,(H,23,26)(H,24,27)/b12-9+. The summed E-state index contributed by atoms with van der Waals surface area (Å²) in [6, 6.07) is 14.1. The Morgan fingerprint density at radius 2 is 1.90 bits per heavy atom. The summed E-state index contributed by atoms with van der Waals surface area (Å²) < 4.78 is 10.7. The van der Waals surface area contributed by atoms with Gasteiger partial charge in [-0.1, -0.05) is 36.9 Å². The molecule has 0 atom stereocenters. The number of nitrogens with one attached hydrogen (secondary N) is 2. The van der Waals surface area contributed by atoms with E-state index in [1.807, 2.05) is 0 Å². The zero-order valence-corrected chi connectivity index (χ0v) is 16.2. The van der Waals surface area contributed by atoms with Crippen LogP contribution in [0.15, 0.2) is 67.3 Å². The summed E-state index contributed by atoms with van der Waals surface area (Å²) in [4.78, 5) is 37.5. The van der Waals surface area contributed by atoms with Gasteiger partial charge in [0.25, 0.3) is 17.7 Å². The maximum atomic E-state index is 12.2. The molecule has 0 aliphatic carbocycles. The molecule has 1 heterocycles. The minimum atomic E-state index is -0.537. The molecular formula is C22H21N3O5. The van der Waals surface area contributed by atoms with Gasteiger partial charge in [0.2, 0.25) is 0 Å². The van der Waals surface area contributed by atoms with Crippen molar-refractivity contribution in [2.45, 2.75) is 0 Å². The number of anilines is 1. The topological polar surface area (TPSA) is 97.0 Å². The Kier molecular flexibility index (Phi) is 6.83. The number of rotatable bonds is 7. The largest absolute Gasteiger partial charge is 0.490 e. The molecule has 0 fully saturated rings. The molecule has 0 radical (unpaired) electrons. The number of para-hydroxylation sites is 2. The van der Waals surface area contributed by atoms with Gasteiger partial charge >= 0.3 is 0 Å². The van der Waals surface area contributed by atoms with Gasteiger partial charge in [0.15, 0.2) is 6.61 Å². The number of ether oxygens (including phenoxy) is 2. The molecule has 8 heteroatoms. The molecule has 1 aliphatic rings. The fourth-order valence-electron chi connectivity index (χ4n) is 2.69.